The summed E-state index contributed by atoms with van der Waals surface area (Å²) in [6.07, 6.45) is 4.53. The van der Waals surface area contributed by atoms with E-state index in [-0.39, 0.29) is 0 Å². The molecule has 5 nitrogen and oxygen atoms in total. The van der Waals surface area contributed by atoms with Crippen LogP contribution in [0.3, 0.4) is 0 Å². The van der Waals surface area contributed by atoms with Crippen molar-refractivity contribution < 1.29 is 0 Å². The van der Waals surface area contributed by atoms with Crippen LogP contribution in [0.25, 0.3) is 0 Å². The Bertz CT molecular complexity index is 444. The first-order valence-electron chi connectivity index (χ1n) is 5.70. The highest BCUT2D eigenvalue weighted by Crippen LogP contribution is 2.22. The topological polar surface area (TPSA) is 68.8 Å². The van der Waals surface area contributed by atoms with Crippen molar-refractivity contribution in [1.82, 2.24) is 15.0 Å². The van der Waals surface area contributed by atoms with Gasteiger partial charge in [0, 0.05) is 19.3 Å². The fourth-order valence-corrected chi connectivity index (χ4v) is 1.74. The van der Waals surface area contributed by atoms with Crippen molar-refractivity contribution in [2.24, 2.45) is 0 Å². The third-order valence-electron chi connectivity index (χ3n) is 2.64. The molecule has 0 saturated heterocycles. The van der Waals surface area contributed by atoms with Gasteiger partial charge in [0.2, 0.25) is 0 Å². The molecule has 0 aliphatic carbocycles. The van der Waals surface area contributed by atoms with Crippen LogP contribution in [0.4, 0.5) is 11.4 Å². The van der Waals surface area contributed by atoms with Crippen molar-refractivity contribution in [3.05, 3.63) is 36.2 Å². The second-order valence-corrected chi connectivity index (χ2v) is 3.99. The number of nitrogen functional groups attached to an aromatic ring is 1. The molecule has 2 rings (SSSR count). The minimum absolute atomic E-state index is 0.797. The van der Waals surface area contributed by atoms with E-state index >= 15 is 0 Å². The molecule has 17 heavy (non-hydrogen) atoms. The van der Waals surface area contributed by atoms with E-state index in [0.717, 1.165) is 30.9 Å². The van der Waals surface area contributed by atoms with Crippen molar-refractivity contribution in [2.45, 2.75) is 19.9 Å². The number of aromatic nitrogens is 3. The van der Waals surface area contributed by atoms with Crippen LogP contribution < -0.4 is 11.1 Å². The molecule has 0 radical (unpaired) electrons. The Morgan fingerprint density at radius 1 is 1.41 bits per heavy atom. The zero-order chi connectivity index (χ0) is 12.1. The predicted octanol–water partition coefficient (Wildman–Crippen LogP) is 1.67. The molecular formula is C12H17N5. The zero-order valence-electron chi connectivity index (χ0n) is 9.93. The molecule has 1 heterocycles. The molecule has 0 atom stereocenters. The maximum absolute atomic E-state index is 5.91. The SMILES string of the molecule is Cc1cccc(N)c1NCCCn1ccnn1. The Morgan fingerprint density at radius 3 is 3.00 bits per heavy atom. The number of para-hydroxylation sites is 1. The van der Waals surface area contributed by atoms with Crippen LogP contribution in [0.15, 0.2) is 30.6 Å². The first kappa shape index (κ1) is 11.4. The van der Waals surface area contributed by atoms with Crippen molar-refractivity contribution in [1.29, 1.82) is 0 Å². The van der Waals surface area contributed by atoms with Crippen molar-refractivity contribution in [2.75, 3.05) is 17.6 Å². The number of benzene rings is 1. The molecule has 0 aliphatic rings. The van der Waals surface area contributed by atoms with E-state index < -0.39 is 0 Å². The molecule has 3 N–H and O–H groups in total. The number of hydrogen-bond donors (Lipinski definition) is 2. The Balaban J connectivity index is 1.82. The third kappa shape index (κ3) is 2.96. The van der Waals surface area contributed by atoms with Crippen LogP contribution in [0, 0.1) is 6.92 Å². The lowest BCUT2D eigenvalue weighted by Gasteiger charge is -2.11. The van der Waals surface area contributed by atoms with Crippen LogP contribution in [0.2, 0.25) is 0 Å². The van der Waals surface area contributed by atoms with E-state index in [1.807, 2.05) is 23.0 Å². The molecule has 1 aromatic heterocycles. The van der Waals surface area contributed by atoms with Gasteiger partial charge >= 0.3 is 0 Å². The van der Waals surface area contributed by atoms with Gasteiger partial charge in [-0.15, -0.1) is 5.10 Å². The van der Waals surface area contributed by atoms with E-state index in [2.05, 4.69) is 28.6 Å². The first-order valence-corrected chi connectivity index (χ1v) is 5.70. The lowest BCUT2D eigenvalue weighted by Crippen LogP contribution is -2.09. The molecule has 0 unspecified atom stereocenters. The fourth-order valence-electron chi connectivity index (χ4n) is 1.74. The van der Waals surface area contributed by atoms with E-state index in [1.54, 1.807) is 6.20 Å². The Labute approximate surface area is 101 Å². The van der Waals surface area contributed by atoms with E-state index in [0.29, 0.717) is 0 Å². The number of nitrogens with zero attached hydrogens (tertiary/aromatic N) is 3. The smallest absolute Gasteiger partial charge is 0.0692 e. The van der Waals surface area contributed by atoms with Crippen LogP contribution in [-0.2, 0) is 6.54 Å². The van der Waals surface area contributed by atoms with Gasteiger partial charge in [0.1, 0.15) is 0 Å². The lowest BCUT2D eigenvalue weighted by atomic mass is 10.1. The monoisotopic (exact) mass is 231 g/mol. The highest BCUT2D eigenvalue weighted by molar-refractivity contribution is 5.69. The molecule has 0 saturated carbocycles. The molecule has 1 aromatic carbocycles. The van der Waals surface area contributed by atoms with Gasteiger partial charge in [0.05, 0.1) is 17.6 Å². The minimum atomic E-state index is 0.797. The molecule has 5 heteroatoms. The molecule has 0 aliphatic heterocycles. The van der Waals surface area contributed by atoms with Gasteiger partial charge in [-0.1, -0.05) is 17.3 Å². The Kier molecular flexibility index (Phi) is 3.59. The zero-order valence-corrected chi connectivity index (χ0v) is 9.93. The van der Waals surface area contributed by atoms with Gasteiger partial charge in [0.15, 0.2) is 0 Å². The Hall–Kier alpha value is -2.04. The largest absolute Gasteiger partial charge is 0.397 e. The van der Waals surface area contributed by atoms with Gasteiger partial charge in [-0.2, -0.15) is 0 Å². The number of anilines is 2. The van der Waals surface area contributed by atoms with E-state index in [9.17, 15) is 0 Å². The summed E-state index contributed by atoms with van der Waals surface area (Å²) in [5.74, 6) is 0. The van der Waals surface area contributed by atoms with E-state index in [1.165, 1.54) is 5.56 Å². The van der Waals surface area contributed by atoms with Gasteiger partial charge < -0.3 is 11.1 Å². The highest BCUT2D eigenvalue weighted by Gasteiger charge is 2.01. The van der Waals surface area contributed by atoms with Gasteiger partial charge in [0.25, 0.3) is 0 Å². The third-order valence-corrected chi connectivity index (χ3v) is 2.64. The average molecular weight is 231 g/mol. The molecule has 90 valence electrons. The summed E-state index contributed by atoms with van der Waals surface area (Å²) >= 11 is 0. The van der Waals surface area contributed by atoms with Gasteiger partial charge in [-0.3, -0.25) is 4.68 Å². The van der Waals surface area contributed by atoms with Crippen LogP contribution in [0.5, 0.6) is 0 Å². The van der Waals surface area contributed by atoms with Crippen LogP contribution >= 0.6 is 0 Å². The number of hydrogen-bond acceptors (Lipinski definition) is 4. The van der Waals surface area contributed by atoms with Gasteiger partial charge in [-0.25, -0.2) is 0 Å². The minimum Gasteiger partial charge on any atom is -0.397 e. The fraction of sp³-hybridized carbons (Fsp3) is 0.333. The normalized spacial score (nSPS) is 10.4. The summed E-state index contributed by atoms with van der Waals surface area (Å²) in [5, 5.41) is 11.0. The van der Waals surface area contributed by atoms with Crippen molar-refractivity contribution in [3.8, 4) is 0 Å². The second kappa shape index (κ2) is 5.34. The summed E-state index contributed by atoms with van der Waals surface area (Å²) < 4.78 is 1.82. The van der Waals surface area contributed by atoms with Crippen molar-refractivity contribution in [3.63, 3.8) is 0 Å². The first-order chi connectivity index (χ1) is 8.27. The molecule has 0 spiro atoms. The summed E-state index contributed by atoms with van der Waals surface area (Å²) in [7, 11) is 0. The Morgan fingerprint density at radius 2 is 2.29 bits per heavy atom. The summed E-state index contributed by atoms with van der Waals surface area (Å²) in [5.41, 5.74) is 8.91. The van der Waals surface area contributed by atoms with Crippen LogP contribution in [0.1, 0.15) is 12.0 Å². The summed E-state index contributed by atoms with van der Waals surface area (Å²) in [4.78, 5) is 0. The molecule has 0 fully saturated rings. The molecular weight excluding hydrogens is 214 g/mol. The maximum atomic E-state index is 5.91. The molecule has 2 aromatic rings. The quantitative estimate of drug-likeness (QED) is 0.606. The number of nitrogens with two attached hydrogens (primary N) is 1. The molecule has 0 bridgehead atoms. The number of rotatable bonds is 5. The number of aryl methyl sites for hydroxylation is 2. The second-order valence-electron chi connectivity index (χ2n) is 3.99. The van der Waals surface area contributed by atoms with E-state index in [4.69, 9.17) is 5.73 Å². The molecule has 0 amide bonds. The number of nitrogens with one attached hydrogen (secondary N) is 1. The predicted molar refractivity (Wildman–Crippen MR) is 68.7 cm³/mol. The summed E-state index contributed by atoms with van der Waals surface area (Å²) in [6, 6.07) is 5.92. The lowest BCUT2D eigenvalue weighted by molar-refractivity contribution is 0.570. The average Bonchev–Trinajstić information content (AvgIpc) is 2.80. The van der Waals surface area contributed by atoms with Crippen LogP contribution in [-0.4, -0.2) is 21.5 Å². The summed E-state index contributed by atoms with van der Waals surface area (Å²) in [6.45, 7) is 3.78. The highest BCUT2D eigenvalue weighted by atomic mass is 15.4. The maximum Gasteiger partial charge on any atom is 0.0692 e. The van der Waals surface area contributed by atoms with Gasteiger partial charge in [-0.05, 0) is 25.0 Å². The van der Waals surface area contributed by atoms with Crippen molar-refractivity contribution >= 4 is 11.4 Å². The standard InChI is InChI=1S/C12H17N5/c1-10-4-2-5-11(13)12(10)14-6-3-8-17-9-7-15-16-17/h2,4-5,7,9,14H,3,6,8,13H2,1H3.